The first-order chi connectivity index (χ1) is 18.5. The summed E-state index contributed by atoms with van der Waals surface area (Å²) in [7, 11) is -11.3. The topological polar surface area (TPSA) is 216 Å². The Kier molecular flexibility index (Phi) is 8.16. The fraction of sp³-hybridized carbons (Fsp3) is 0.500. The van der Waals surface area contributed by atoms with Crippen LogP contribution in [-0.2, 0) is 13.9 Å². The number of aromatic nitrogens is 1. The zero-order valence-corrected chi connectivity index (χ0v) is 23.5. The van der Waals surface area contributed by atoms with Crippen molar-refractivity contribution in [3.63, 3.8) is 0 Å². The third kappa shape index (κ3) is 5.64. The highest BCUT2D eigenvalue weighted by atomic mass is 35.5. The molecule has 220 valence electrons. The second kappa shape index (κ2) is 10.7. The Morgan fingerprint density at radius 3 is 2.33 bits per heavy atom. The van der Waals surface area contributed by atoms with Gasteiger partial charge in [-0.25, -0.2) is 14.0 Å². The predicted molar refractivity (Wildman–Crippen MR) is 140 cm³/mol. The highest BCUT2D eigenvalue weighted by Gasteiger charge is 2.60. The van der Waals surface area contributed by atoms with E-state index in [1.807, 2.05) is 0 Å². The number of pyridine rings is 1. The molecule has 40 heavy (non-hydrogen) atoms. The van der Waals surface area contributed by atoms with Gasteiger partial charge in [-0.15, -0.1) is 0 Å². The Morgan fingerprint density at radius 2 is 1.77 bits per heavy atom. The van der Waals surface area contributed by atoms with Crippen molar-refractivity contribution >= 4 is 55.4 Å². The summed E-state index contributed by atoms with van der Waals surface area (Å²) in [5.74, 6) is -2.36. The van der Waals surface area contributed by atoms with E-state index in [4.69, 9.17) is 11.6 Å². The van der Waals surface area contributed by atoms with E-state index < -0.39 is 55.2 Å². The quantitative estimate of drug-likeness (QED) is 0.245. The average molecular weight is 626 g/mol. The number of rotatable bonds is 7. The minimum absolute atomic E-state index is 0.0827. The summed E-state index contributed by atoms with van der Waals surface area (Å²) in [6.45, 7) is 0.604. The number of fused-ring (bicyclic) bond motifs is 1. The van der Waals surface area contributed by atoms with Crippen LogP contribution in [0, 0.1) is 5.82 Å². The molecule has 0 bridgehead atoms. The maximum absolute atomic E-state index is 15.5. The summed E-state index contributed by atoms with van der Waals surface area (Å²) < 4.78 is 45.1. The summed E-state index contributed by atoms with van der Waals surface area (Å²) in [6.07, 6.45) is 2.43. The van der Waals surface area contributed by atoms with Gasteiger partial charge in [0.2, 0.25) is 5.43 Å². The molecule has 18 heteroatoms. The molecule has 1 atom stereocenters. The number of nitrogens with zero attached hydrogens (tertiary/aromatic N) is 2. The molecule has 2 aliphatic rings. The van der Waals surface area contributed by atoms with Gasteiger partial charge in [0.1, 0.15) is 11.4 Å². The van der Waals surface area contributed by atoms with Crippen molar-refractivity contribution in [3.05, 3.63) is 38.9 Å². The van der Waals surface area contributed by atoms with Crippen molar-refractivity contribution in [2.45, 2.75) is 56.2 Å². The Labute approximate surface area is 231 Å². The second-order valence-electron chi connectivity index (χ2n) is 9.93. The number of halogens is 2. The number of carbonyl (C=O) groups is 2. The molecule has 0 unspecified atom stereocenters. The monoisotopic (exact) mass is 625 g/mol. The molecule has 14 nitrogen and oxygen atoms in total. The molecule has 1 aliphatic carbocycles. The Morgan fingerprint density at radius 1 is 1.15 bits per heavy atom. The first kappa shape index (κ1) is 30.4. The van der Waals surface area contributed by atoms with Gasteiger partial charge in [0.15, 0.2) is 0 Å². The molecule has 1 amide bonds. The highest BCUT2D eigenvalue weighted by molar-refractivity contribution is 7.72. The van der Waals surface area contributed by atoms with Crippen molar-refractivity contribution in [3.8, 4) is 0 Å². The number of nitrogens with one attached hydrogen (secondary N) is 1. The molecule has 1 aromatic carbocycles. The number of benzene rings is 1. The van der Waals surface area contributed by atoms with Crippen LogP contribution in [0.25, 0.3) is 10.9 Å². The van der Waals surface area contributed by atoms with Crippen molar-refractivity contribution in [1.29, 1.82) is 0 Å². The third-order valence-corrected chi connectivity index (χ3v) is 11.3. The van der Waals surface area contributed by atoms with Crippen LogP contribution in [0.5, 0.6) is 0 Å². The Bertz CT molecular complexity index is 1510. The molecule has 2 fully saturated rings. The van der Waals surface area contributed by atoms with E-state index in [1.165, 1.54) is 11.1 Å². The summed E-state index contributed by atoms with van der Waals surface area (Å²) in [5, 5.41) is 8.04. The lowest BCUT2D eigenvalue weighted by molar-refractivity contribution is 0.0694. The lowest BCUT2D eigenvalue weighted by Crippen LogP contribution is -2.45. The summed E-state index contributed by atoms with van der Waals surface area (Å²) >= 11 is 6.68. The number of amides is 1. The smallest absolute Gasteiger partial charge is 0.409 e. The van der Waals surface area contributed by atoms with Crippen LogP contribution in [0.15, 0.2) is 17.1 Å². The average Bonchev–Trinajstić information content (AvgIpc) is 3.66. The van der Waals surface area contributed by atoms with Gasteiger partial charge < -0.3 is 44.2 Å². The van der Waals surface area contributed by atoms with Crippen LogP contribution in [-0.4, -0.2) is 65.5 Å². The number of alkyl carbamates (subject to hydrolysis) is 1. The molecular weight excluding hydrogens is 599 g/mol. The van der Waals surface area contributed by atoms with E-state index in [1.54, 1.807) is 4.57 Å². The van der Waals surface area contributed by atoms with E-state index in [0.29, 0.717) is 39.0 Å². The van der Waals surface area contributed by atoms with Crippen LogP contribution in [0.3, 0.4) is 0 Å². The van der Waals surface area contributed by atoms with Gasteiger partial charge in [-0.3, -0.25) is 13.9 Å². The summed E-state index contributed by atoms with van der Waals surface area (Å²) in [4.78, 5) is 76.2. The van der Waals surface area contributed by atoms with Gasteiger partial charge in [-0.1, -0.05) is 11.6 Å². The molecule has 1 aromatic heterocycles. The van der Waals surface area contributed by atoms with Gasteiger partial charge in [0.05, 0.1) is 21.6 Å². The molecule has 0 radical (unpaired) electrons. The van der Waals surface area contributed by atoms with Gasteiger partial charge in [-0.05, 0) is 45.1 Å². The summed E-state index contributed by atoms with van der Waals surface area (Å²) in [6, 6.07) is -0.0150. The fourth-order valence-electron chi connectivity index (χ4n) is 4.64. The lowest BCUT2D eigenvalue weighted by atomic mass is 10.1. The highest BCUT2D eigenvalue weighted by Crippen LogP contribution is 2.69. The van der Waals surface area contributed by atoms with E-state index in [2.05, 4.69) is 10.1 Å². The van der Waals surface area contributed by atoms with Gasteiger partial charge in [-0.2, -0.15) is 0 Å². The number of carboxylic acids is 1. The molecule has 1 saturated carbocycles. The number of hydrogen-bond donors (Lipinski definition) is 6. The maximum atomic E-state index is 15.5. The number of carboxylic acid groups (broad SMARTS) is 1. The van der Waals surface area contributed by atoms with E-state index in [9.17, 15) is 48.2 Å². The molecule has 4 rings (SSSR count). The number of ether oxygens (including phenoxy) is 1. The molecule has 2 heterocycles. The predicted octanol–water partition coefficient (Wildman–Crippen LogP) is 2.94. The van der Waals surface area contributed by atoms with E-state index in [-0.39, 0.29) is 40.7 Å². The van der Waals surface area contributed by atoms with Crippen LogP contribution < -0.4 is 15.6 Å². The van der Waals surface area contributed by atoms with Gasteiger partial charge >= 0.3 is 32.3 Å². The number of hydrogen-bond acceptors (Lipinski definition) is 7. The molecular formula is C22H27ClFN3O11P2. The first-order valence-corrected chi connectivity index (χ1v) is 15.7. The minimum Gasteiger partial charge on any atom is -0.477 e. The van der Waals surface area contributed by atoms with Crippen molar-refractivity contribution < 1.29 is 52.5 Å². The first-order valence-electron chi connectivity index (χ1n) is 12.1. The molecule has 1 aliphatic heterocycles. The van der Waals surface area contributed by atoms with E-state index >= 15 is 4.39 Å². The second-order valence-corrected chi connectivity index (χ2v) is 14.5. The number of carbonyl (C=O) groups excluding carboxylic acids is 1. The third-order valence-electron chi connectivity index (χ3n) is 7.03. The van der Waals surface area contributed by atoms with Crippen LogP contribution in [0.1, 0.15) is 55.4 Å². The normalized spacial score (nSPS) is 18.9. The largest absolute Gasteiger partial charge is 0.477 e. The maximum Gasteiger partial charge on any atom is 0.409 e. The zero-order chi connectivity index (χ0) is 29.8. The molecule has 2 aromatic rings. The van der Waals surface area contributed by atoms with Crippen LogP contribution in [0.2, 0.25) is 5.02 Å². The number of anilines is 1. The number of aromatic carboxylic acids is 1. The minimum atomic E-state index is -5.63. The lowest BCUT2D eigenvalue weighted by Gasteiger charge is -2.32. The standard InChI is InChI=1S/C22H27ClFN3O11P2/c1-22(39(32,33)34,40(35,36)37)38-21(31)25-11-4-2-3-7-26(9-11)18-15(24)8-13-17(16(18)23)27(12-5-6-12)10-14(19(13)28)20(29)30/h8,10-12H,2-7,9H2,1H3,(H,25,31)(H,29,30)(H2,32,33,34)(H2,35,36,37)/t11-/m1/s1. The molecule has 6 N–H and O–H groups in total. The summed E-state index contributed by atoms with van der Waals surface area (Å²) in [5.41, 5.74) is -1.33. The van der Waals surface area contributed by atoms with Gasteiger partial charge in [0.25, 0.3) is 0 Å². The fourth-order valence-corrected chi connectivity index (χ4v) is 6.81. The van der Waals surface area contributed by atoms with Crippen molar-refractivity contribution in [1.82, 2.24) is 9.88 Å². The SMILES string of the molecule is CC(OC(=O)N[C@@H]1CCCCN(c2c(F)cc3c(=O)c(C(=O)O)cn(C4CC4)c3c2Cl)C1)(P(=O)(O)O)P(=O)(O)O. The van der Waals surface area contributed by atoms with Crippen LogP contribution in [0.4, 0.5) is 14.9 Å². The van der Waals surface area contributed by atoms with Crippen molar-refractivity contribution in [2.75, 3.05) is 18.0 Å². The van der Waals surface area contributed by atoms with Gasteiger partial charge in [0, 0.05) is 31.4 Å². The molecule has 1 saturated heterocycles. The zero-order valence-electron chi connectivity index (χ0n) is 21.0. The Balaban J connectivity index is 1.68. The Hall–Kier alpha value is -2.51. The van der Waals surface area contributed by atoms with Crippen molar-refractivity contribution in [2.24, 2.45) is 0 Å². The molecule has 0 spiro atoms. The van der Waals surface area contributed by atoms with Crippen LogP contribution >= 0.6 is 26.8 Å². The van der Waals surface area contributed by atoms with E-state index in [0.717, 1.165) is 6.07 Å².